The van der Waals surface area contributed by atoms with Crippen molar-refractivity contribution >= 4 is 17.5 Å². The van der Waals surface area contributed by atoms with Gasteiger partial charge in [0, 0.05) is 18.5 Å². The van der Waals surface area contributed by atoms with Crippen molar-refractivity contribution in [3.05, 3.63) is 34.9 Å². The molecule has 4 heteroatoms. The summed E-state index contributed by atoms with van der Waals surface area (Å²) in [4.78, 5) is 37.7. The Morgan fingerprint density at radius 1 is 1.23 bits per heavy atom. The molecule has 1 atom stereocenters. The molecule has 0 saturated heterocycles. The van der Waals surface area contributed by atoms with Crippen molar-refractivity contribution < 1.29 is 14.4 Å². The van der Waals surface area contributed by atoms with E-state index in [2.05, 4.69) is 19.9 Å². The summed E-state index contributed by atoms with van der Waals surface area (Å²) in [6.07, 6.45) is 1.78. The number of ketones is 2. The van der Waals surface area contributed by atoms with Gasteiger partial charge in [0.25, 0.3) is 5.91 Å². The topological polar surface area (TPSA) is 54.5 Å². The van der Waals surface area contributed by atoms with Gasteiger partial charge in [-0.05, 0) is 36.0 Å². The minimum atomic E-state index is -0.425. The lowest BCUT2D eigenvalue weighted by molar-refractivity contribution is -0.133. The predicted molar refractivity (Wildman–Crippen MR) is 82.5 cm³/mol. The minimum Gasteiger partial charge on any atom is -0.324 e. The van der Waals surface area contributed by atoms with Crippen LogP contribution < -0.4 is 0 Å². The third kappa shape index (κ3) is 2.70. The molecule has 1 heterocycles. The van der Waals surface area contributed by atoms with Crippen LogP contribution in [0.5, 0.6) is 0 Å². The minimum absolute atomic E-state index is 0.00960. The van der Waals surface area contributed by atoms with Crippen LogP contribution in [0.2, 0.25) is 0 Å². The second-order valence-electron chi connectivity index (χ2n) is 6.76. The number of Topliss-reactive ketones (excluding diaryl/α,β-unsaturated/α-hetero) is 2. The molecule has 1 unspecified atom stereocenters. The number of nitrogens with zero attached hydrogens (tertiary/aromatic N) is 1. The van der Waals surface area contributed by atoms with E-state index in [0.29, 0.717) is 25.3 Å². The van der Waals surface area contributed by atoms with E-state index in [-0.39, 0.29) is 23.9 Å². The fraction of sp³-hybridized carbons (Fsp3) is 0.500. The van der Waals surface area contributed by atoms with E-state index in [1.54, 1.807) is 4.90 Å². The van der Waals surface area contributed by atoms with Gasteiger partial charge in [-0.1, -0.05) is 26.0 Å². The van der Waals surface area contributed by atoms with Crippen molar-refractivity contribution in [3.63, 3.8) is 0 Å². The van der Waals surface area contributed by atoms with Crippen LogP contribution in [0.25, 0.3) is 0 Å². The van der Waals surface area contributed by atoms with Gasteiger partial charge in [0.05, 0.1) is 12.5 Å². The molecule has 1 aliphatic carbocycles. The van der Waals surface area contributed by atoms with Crippen LogP contribution in [0.1, 0.15) is 54.6 Å². The number of benzene rings is 1. The van der Waals surface area contributed by atoms with Crippen LogP contribution in [0.15, 0.2) is 18.2 Å². The number of fused-ring (bicyclic) bond motifs is 1. The smallest absolute Gasteiger partial charge is 0.255 e. The van der Waals surface area contributed by atoms with E-state index < -0.39 is 6.04 Å². The van der Waals surface area contributed by atoms with Crippen molar-refractivity contribution in [1.29, 1.82) is 0 Å². The quantitative estimate of drug-likeness (QED) is 0.806. The summed E-state index contributed by atoms with van der Waals surface area (Å²) in [7, 11) is 0. The molecule has 1 fully saturated rings. The highest BCUT2D eigenvalue weighted by molar-refractivity contribution is 6.07. The van der Waals surface area contributed by atoms with Crippen molar-refractivity contribution in [2.75, 3.05) is 0 Å². The highest BCUT2D eigenvalue weighted by Crippen LogP contribution is 2.29. The normalized spacial score (nSPS) is 21.7. The van der Waals surface area contributed by atoms with Gasteiger partial charge < -0.3 is 4.90 Å². The van der Waals surface area contributed by atoms with Gasteiger partial charge in [0.1, 0.15) is 5.78 Å². The van der Waals surface area contributed by atoms with E-state index in [1.165, 1.54) is 0 Å². The van der Waals surface area contributed by atoms with Gasteiger partial charge in [-0.15, -0.1) is 0 Å². The summed E-state index contributed by atoms with van der Waals surface area (Å²) < 4.78 is 0. The first-order valence-corrected chi connectivity index (χ1v) is 7.93. The summed E-state index contributed by atoms with van der Waals surface area (Å²) in [5, 5.41) is 0. The molecule has 0 bridgehead atoms. The third-order valence-electron chi connectivity index (χ3n) is 4.47. The number of rotatable bonds is 3. The molecule has 2 aliphatic rings. The summed E-state index contributed by atoms with van der Waals surface area (Å²) in [5.74, 6) is 0.356. The maximum Gasteiger partial charge on any atom is 0.255 e. The molecule has 1 amide bonds. The maximum atomic E-state index is 12.6. The number of carbonyl (C=O) groups is 3. The van der Waals surface area contributed by atoms with Gasteiger partial charge in [-0.2, -0.15) is 0 Å². The molecular weight excluding hydrogens is 278 g/mol. The van der Waals surface area contributed by atoms with Gasteiger partial charge in [0.2, 0.25) is 0 Å². The molecule has 1 aromatic carbocycles. The molecule has 1 aromatic rings. The molecule has 22 heavy (non-hydrogen) atoms. The SMILES string of the molecule is CC(C)Cc1ccc2c(c1)C(=O)N(C1CCC(=O)CC1=O)C2. The van der Waals surface area contributed by atoms with Crippen molar-refractivity contribution in [2.45, 2.75) is 52.1 Å². The highest BCUT2D eigenvalue weighted by Gasteiger charge is 2.38. The second kappa shape index (κ2) is 5.67. The second-order valence-corrected chi connectivity index (χ2v) is 6.76. The van der Waals surface area contributed by atoms with Crippen LogP contribution in [0.3, 0.4) is 0 Å². The predicted octanol–water partition coefficient (Wildman–Crippen LogP) is 2.53. The number of hydrogen-bond donors (Lipinski definition) is 0. The summed E-state index contributed by atoms with van der Waals surface area (Å²) in [5.41, 5.74) is 2.87. The van der Waals surface area contributed by atoms with Crippen LogP contribution in [-0.4, -0.2) is 28.4 Å². The Labute approximate surface area is 130 Å². The summed E-state index contributed by atoms with van der Waals surface area (Å²) in [6, 6.07) is 5.62. The van der Waals surface area contributed by atoms with Crippen LogP contribution in [0.4, 0.5) is 0 Å². The number of carbonyl (C=O) groups excluding carboxylic acids is 3. The van der Waals surface area contributed by atoms with Gasteiger partial charge in [0.15, 0.2) is 5.78 Å². The lowest BCUT2D eigenvalue weighted by Crippen LogP contribution is -2.44. The van der Waals surface area contributed by atoms with Crippen molar-refractivity contribution in [1.82, 2.24) is 4.90 Å². The molecule has 3 rings (SSSR count). The van der Waals surface area contributed by atoms with E-state index in [0.717, 1.165) is 23.1 Å². The zero-order valence-corrected chi connectivity index (χ0v) is 13.1. The van der Waals surface area contributed by atoms with E-state index in [1.807, 2.05) is 12.1 Å². The summed E-state index contributed by atoms with van der Waals surface area (Å²) >= 11 is 0. The van der Waals surface area contributed by atoms with Gasteiger partial charge >= 0.3 is 0 Å². The monoisotopic (exact) mass is 299 g/mol. The first-order chi connectivity index (χ1) is 10.5. The molecule has 1 aliphatic heterocycles. The average Bonchev–Trinajstić information content (AvgIpc) is 2.75. The van der Waals surface area contributed by atoms with Crippen LogP contribution in [-0.2, 0) is 22.6 Å². The molecule has 0 radical (unpaired) electrons. The molecule has 116 valence electrons. The zero-order valence-electron chi connectivity index (χ0n) is 13.1. The van der Waals surface area contributed by atoms with Crippen LogP contribution >= 0.6 is 0 Å². The van der Waals surface area contributed by atoms with Gasteiger partial charge in [-0.3, -0.25) is 14.4 Å². The summed E-state index contributed by atoms with van der Waals surface area (Å²) in [6.45, 7) is 4.79. The van der Waals surface area contributed by atoms with Crippen molar-refractivity contribution in [3.8, 4) is 0 Å². The van der Waals surface area contributed by atoms with Crippen molar-refractivity contribution in [2.24, 2.45) is 5.92 Å². The molecule has 4 nitrogen and oxygen atoms in total. The number of amides is 1. The van der Waals surface area contributed by atoms with Gasteiger partial charge in [-0.25, -0.2) is 0 Å². The Balaban J connectivity index is 1.82. The van der Waals surface area contributed by atoms with E-state index >= 15 is 0 Å². The fourth-order valence-corrected chi connectivity index (χ4v) is 3.41. The Bertz CT molecular complexity index is 648. The van der Waals surface area contributed by atoms with Crippen LogP contribution in [0, 0.1) is 5.92 Å². The molecule has 0 spiro atoms. The highest BCUT2D eigenvalue weighted by atomic mass is 16.2. The first kappa shape index (κ1) is 14.9. The fourth-order valence-electron chi connectivity index (χ4n) is 3.41. The Kier molecular flexibility index (Phi) is 3.85. The molecule has 0 N–H and O–H groups in total. The zero-order chi connectivity index (χ0) is 15.9. The first-order valence-electron chi connectivity index (χ1n) is 7.93. The lowest BCUT2D eigenvalue weighted by Gasteiger charge is -2.29. The lowest BCUT2D eigenvalue weighted by atomic mass is 9.92. The molecule has 0 aromatic heterocycles. The third-order valence-corrected chi connectivity index (χ3v) is 4.47. The number of hydrogen-bond acceptors (Lipinski definition) is 3. The Hall–Kier alpha value is -1.97. The average molecular weight is 299 g/mol. The van der Waals surface area contributed by atoms with E-state index in [4.69, 9.17) is 0 Å². The molecular formula is C18H21NO3. The largest absolute Gasteiger partial charge is 0.324 e. The standard InChI is InChI=1S/C18H21NO3/c1-11(2)7-12-3-4-13-10-19(18(22)15(13)8-12)16-6-5-14(20)9-17(16)21/h3-4,8,11,16H,5-7,9-10H2,1-2H3. The Morgan fingerprint density at radius 3 is 2.68 bits per heavy atom. The maximum absolute atomic E-state index is 12.6. The Morgan fingerprint density at radius 2 is 2.00 bits per heavy atom. The van der Waals surface area contributed by atoms with E-state index in [9.17, 15) is 14.4 Å². The molecule has 1 saturated carbocycles.